The van der Waals surface area contributed by atoms with E-state index < -0.39 is 28.9 Å². The number of nitrogens with zero attached hydrogens (tertiary/aromatic N) is 5. The zero-order valence-corrected chi connectivity index (χ0v) is 15.4. The van der Waals surface area contributed by atoms with Crippen molar-refractivity contribution in [3.05, 3.63) is 41.5 Å². The first-order valence-electron chi connectivity index (χ1n) is 8.65. The lowest BCUT2D eigenvalue weighted by Gasteiger charge is -2.39. The van der Waals surface area contributed by atoms with Crippen LogP contribution in [-0.4, -0.2) is 45.7 Å². The van der Waals surface area contributed by atoms with E-state index in [0.717, 1.165) is 17.8 Å². The van der Waals surface area contributed by atoms with Crippen LogP contribution in [0.4, 0.5) is 18.9 Å². The largest absolute Gasteiger partial charge is 0.419 e. The average Bonchev–Trinajstić information content (AvgIpc) is 3.08. The molecule has 0 atom stereocenters. The number of anilines is 1. The van der Waals surface area contributed by atoms with Gasteiger partial charge in [-0.25, -0.2) is 4.98 Å². The summed E-state index contributed by atoms with van der Waals surface area (Å²) < 4.78 is 41.1. The molecular formula is C18H19F3N6O. The Balaban J connectivity index is 1.94. The van der Waals surface area contributed by atoms with Crippen LogP contribution in [0.3, 0.4) is 0 Å². The molecule has 3 rings (SSSR count). The number of nitriles is 1. The van der Waals surface area contributed by atoms with Gasteiger partial charge in [0.15, 0.2) is 5.69 Å². The van der Waals surface area contributed by atoms with Gasteiger partial charge in [-0.05, 0) is 38.4 Å². The van der Waals surface area contributed by atoms with Gasteiger partial charge in [0.2, 0.25) is 0 Å². The van der Waals surface area contributed by atoms with Crippen LogP contribution in [0, 0.1) is 18.3 Å². The molecule has 0 aromatic carbocycles. The lowest BCUT2D eigenvalue weighted by atomic mass is 9.86. The van der Waals surface area contributed by atoms with Gasteiger partial charge >= 0.3 is 6.18 Å². The SMILES string of the molecule is Cc1cnn(C2(C(=O)Nc3cnc(C#N)c(C(F)(F)F)c3)CCN(C)CC2)c1. The molecule has 7 nitrogen and oxygen atoms in total. The number of pyridine rings is 1. The van der Waals surface area contributed by atoms with E-state index in [0.29, 0.717) is 25.9 Å². The number of halogens is 3. The molecule has 1 N–H and O–H groups in total. The normalized spacial score (nSPS) is 17.1. The van der Waals surface area contributed by atoms with E-state index >= 15 is 0 Å². The number of amides is 1. The smallest absolute Gasteiger partial charge is 0.323 e. The molecule has 0 unspecified atom stereocenters. The zero-order chi connectivity index (χ0) is 20.5. The first-order chi connectivity index (χ1) is 13.2. The summed E-state index contributed by atoms with van der Waals surface area (Å²) in [5, 5.41) is 15.7. The fraction of sp³-hybridized carbons (Fsp3) is 0.444. The van der Waals surface area contributed by atoms with E-state index in [-0.39, 0.29) is 5.69 Å². The molecule has 2 aromatic heterocycles. The van der Waals surface area contributed by atoms with E-state index in [1.165, 1.54) is 6.07 Å². The minimum Gasteiger partial charge on any atom is -0.323 e. The third-order valence-corrected chi connectivity index (χ3v) is 4.94. The van der Waals surface area contributed by atoms with Gasteiger partial charge in [-0.2, -0.15) is 23.5 Å². The Hall–Kier alpha value is -2.93. The second-order valence-electron chi connectivity index (χ2n) is 6.98. The molecule has 0 saturated carbocycles. The molecule has 148 valence electrons. The molecule has 1 aliphatic rings. The van der Waals surface area contributed by atoms with Crippen LogP contribution >= 0.6 is 0 Å². The molecule has 28 heavy (non-hydrogen) atoms. The number of carbonyl (C=O) groups excluding carboxylic acids is 1. The second kappa shape index (κ2) is 7.24. The Kier molecular flexibility index (Phi) is 5.12. The van der Waals surface area contributed by atoms with Crippen molar-refractivity contribution < 1.29 is 18.0 Å². The summed E-state index contributed by atoms with van der Waals surface area (Å²) in [5.41, 5.74) is -2.15. The maximum Gasteiger partial charge on any atom is 0.419 e. The molecule has 0 radical (unpaired) electrons. The van der Waals surface area contributed by atoms with Crippen LogP contribution in [0.1, 0.15) is 29.7 Å². The van der Waals surface area contributed by atoms with E-state index in [1.807, 2.05) is 14.0 Å². The number of carbonyl (C=O) groups is 1. The van der Waals surface area contributed by atoms with Crippen molar-refractivity contribution >= 4 is 11.6 Å². The Labute approximate surface area is 159 Å². The van der Waals surface area contributed by atoms with Gasteiger partial charge < -0.3 is 10.2 Å². The standard InChI is InChI=1S/C18H19F3N6O/c1-12-9-24-27(11-12)17(3-5-26(2)6-4-17)16(28)25-13-7-14(18(19,20)21)15(8-22)23-10-13/h7,9-11H,3-6H2,1-2H3,(H,25,28). The highest BCUT2D eigenvalue weighted by atomic mass is 19.4. The first kappa shape index (κ1) is 19.8. The van der Waals surface area contributed by atoms with E-state index in [4.69, 9.17) is 5.26 Å². The van der Waals surface area contributed by atoms with Crippen LogP contribution in [0.5, 0.6) is 0 Å². The summed E-state index contributed by atoms with van der Waals surface area (Å²) in [6, 6.07) is 2.16. The van der Waals surface area contributed by atoms with Crippen molar-refractivity contribution in [1.29, 1.82) is 5.26 Å². The van der Waals surface area contributed by atoms with Gasteiger partial charge in [0, 0.05) is 19.3 Å². The summed E-state index contributed by atoms with van der Waals surface area (Å²) in [6.07, 6.45) is 0.631. The number of aromatic nitrogens is 3. The molecule has 0 spiro atoms. The molecule has 1 amide bonds. The topological polar surface area (TPSA) is 86.8 Å². The number of hydrogen-bond acceptors (Lipinski definition) is 5. The third-order valence-electron chi connectivity index (χ3n) is 4.94. The van der Waals surface area contributed by atoms with Crippen molar-refractivity contribution in [3.8, 4) is 6.07 Å². The highest BCUT2D eigenvalue weighted by Gasteiger charge is 2.43. The van der Waals surface area contributed by atoms with Crippen LogP contribution in [-0.2, 0) is 16.5 Å². The molecular weight excluding hydrogens is 373 g/mol. The van der Waals surface area contributed by atoms with Gasteiger partial charge in [0.25, 0.3) is 5.91 Å². The second-order valence-corrected chi connectivity index (χ2v) is 6.98. The molecule has 0 bridgehead atoms. The molecule has 1 aliphatic heterocycles. The van der Waals surface area contributed by atoms with Crippen LogP contribution in [0.25, 0.3) is 0 Å². The quantitative estimate of drug-likeness (QED) is 0.868. The van der Waals surface area contributed by atoms with E-state index in [1.54, 1.807) is 17.1 Å². The van der Waals surface area contributed by atoms with Crippen LogP contribution in [0.15, 0.2) is 24.7 Å². The van der Waals surface area contributed by atoms with Gasteiger partial charge in [-0.15, -0.1) is 0 Å². The predicted molar refractivity (Wildman–Crippen MR) is 94.3 cm³/mol. The van der Waals surface area contributed by atoms with Crippen molar-refractivity contribution in [2.24, 2.45) is 0 Å². The number of piperidine rings is 1. The fourth-order valence-corrected chi connectivity index (χ4v) is 3.28. The molecule has 2 aromatic rings. The molecule has 0 aliphatic carbocycles. The highest BCUT2D eigenvalue weighted by molar-refractivity contribution is 5.96. The average molecular weight is 392 g/mol. The lowest BCUT2D eigenvalue weighted by Crippen LogP contribution is -2.52. The monoisotopic (exact) mass is 392 g/mol. The zero-order valence-electron chi connectivity index (χ0n) is 15.4. The summed E-state index contributed by atoms with van der Waals surface area (Å²) in [4.78, 5) is 18.8. The maximum absolute atomic E-state index is 13.2. The number of hydrogen-bond donors (Lipinski definition) is 1. The van der Waals surface area contributed by atoms with E-state index in [2.05, 4.69) is 20.3 Å². The molecule has 3 heterocycles. The highest BCUT2D eigenvalue weighted by Crippen LogP contribution is 2.34. The Morgan fingerprint density at radius 1 is 1.32 bits per heavy atom. The summed E-state index contributed by atoms with van der Waals surface area (Å²) in [5.74, 6) is -0.455. The number of likely N-dealkylation sites (tertiary alicyclic amines) is 1. The van der Waals surface area contributed by atoms with Crippen molar-refractivity contribution in [2.75, 3.05) is 25.5 Å². The number of nitrogens with one attached hydrogen (secondary N) is 1. The molecule has 10 heteroatoms. The summed E-state index contributed by atoms with van der Waals surface area (Å²) in [7, 11) is 1.94. The Morgan fingerprint density at radius 3 is 2.54 bits per heavy atom. The van der Waals surface area contributed by atoms with Gasteiger partial charge in [0.1, 0.15) is 11.6 Å². The van der Waals surface area contributed by atoms with Crippen LogP contribution < -0.4 is 5.32 Å². The molecule has 1 saturated heterocycles. The van der Waals surface area contributed by atoms with Crippen LogP contribution in [0.2, 0.25) is 0 Å². The lowest BCUT2D eigenvalue weighted by molar-refractivity contribution is -0.138. The maximum atomic E-state index is 13.2. The predicted octanol–water partition coefficient (Wildman–Crippen LogP) is 2.54. The first-order valence-corrected chi connectivity index (χ1v) is 8.65. The fourth-order valence-electron chi connectivity index (χ4n) is 3.28. The number of rotatable bonds is 3. The van der Waals surface area contributed by atoms with Gasteiger partial charge in [0.05, 0.1) is 23.6 Å². The third kappa shape index (κ3) is 3.71. The Bertz CT molecular complexity index is 922. The summed E-state index contributed by atoms with van der Waals surface area (Å²) >= 11 is 0. The van der Waals surface area contributed by atoms with Gasteiger partial charge in [-0.1, -0.05) is 0 Å². The van der Waals surface area contributed by atoms with Crippen molar-refractivity contribution in [1.82, 2.24) is 19.7 Å². The Morgan fingerprint density at radius 2 is 2.00 bits per heavy atom. The van der Waals surface area contributed by atoms with E-state index in [9.17, 15) is 18.0 Å². The number of alkyl halides is 3. The van der Waals surface area contributed by atoms with Gasteiger partial charge in [-0.3, -0.25) is 9.48 Å². The van der Waals surface area contributed by atoms with Crippen molar-refractivity contribution in [3.63, 3.8) is 0 Å². The summed E-state index contributed by atoms with van der Waals surface area (Å²) in [6.45, 7) is 3.14. The number of aryl methyl sites for hydroxylation is 1. The van der Waals surface area contributed by atoms with Crippen molar-refractivity contribution in [2.45, 2.75) is 31.5 Å². The minimum absolute atomic E-state index is 0.112. The molecule has 1 fully saturated rings. The minimum atomic E-state index is -4.75.